The summed E-state index contributed by atoms with van der Waals surface area (Å²) in [6.07, 6.45) is -0.992. The number of ether oxygens (including phenoxy) is 1. The topological polar surface area (TPSA) is 75.6 Å². The van der Waals surface area contributed by atoms with E-state index in [-0.39, 0.29) is 5.02 Å². The molecule has 0 saturated carbocycles. The lowest BCUT2D eigenvalue weighted by molar-refractivity contribution is -0.141. The molecule has 0 radical (unpaired) electrons. The Morgan fingerprint density at radius 3 is 2.46 bits per heavy atom. The van der Waals surface area contributed by atoms with Crippen LogP contribution in [0.3, 0.4) is 0 Å². The lowest BCUT2D eigenvalue weighted by Gasteiger charge is -2.09. The largest absolute Gasteiger partial charge is 0.507 e. The van der Waals surface area contributed by atoms with Gasteiger partial charge in [0.15, 0.2) is 17.4 Å². The van der Waals surface area contributed by atoms with Crippen molar-refractivity contribution in [2.24, 2.45) is 0 Å². The van der Waals surface area contributed by atoms with Crippen molar-refractivity contribution < 1.29 is 19.4 Å². The van der Waals surface area contributed by atoms with Gasteiger partial charge in [-0.05, 0) is 18.2 Å². The van der Waals surface area contributed by atoms with Crippen molar-refractivity contribution in [1.82, 2.24) is 0 Å². The number of cyclic esters (lactones) is 1. The molecule has 3 rings (SSSR count). The van der Waals surface area contributed by atoms with Crippen molar-refractivity contribution >= 4 is 40.8 Å². The molecule has 1 aliphatic rings. The monoisotopic (exact) mass is 363 g/mol. The first-order chi connectivity index (χ1) is 11.5. The molecule has 7 heteroatoms. The fraction of sp³-hybridized carbons (Fsp3) is 0.0588. The van der Waals surface area contributed by atoms with Crippen LogP contribution in [0.25, 0.3) is 0 Å². The van der Waals surface area contributed by atoms with E-state index in [1.54, 1.807) is 30.3 Å². The number of esters is 1. The third-order valence-electron chi connectivity index (χ3n) is 3.44. The summed E-state index contributed by atoms with van der Waals surface area (Å²) in [4.78, 5) is 24.3. The molecule has 2 N–H and O–H groups in total. The van der Waals surface area contributed by atoms with Gasteiger partial charge in [0, 0.05) is 11.3 Å². The molecule has 1 heterocycles. The molecule has 1 unspecified atom stereocenters. The van der Waals surface area contributed by atoms with Gasteiger partial charge in [0.25, 0.3) is 5.91 Å². The molecule has 0 aromatic heterocycles. The van der Waals surface area contributed by atoms with E-state index in [1.165, 1.54) is 18.2 Å². The number of carbonyl (C=O) groups excluding carboxylic acids is 2. The summed E-state index contributed by atoms with van der Waals surface area (Å²) in [5.41, 5.74) is 0.473. The Hall–Kier alpha value is -2.50. The number of nitrogens with one attached hydrogen (secondary N) is 1. The molecule has 0 aliphatic carbocycles. The van der Waals surface area contributed by atoms with Gasteiger partial charge in [-0.3, -0.25) is 4.79 Å². The predicted octanol–water partition coefficient (Wildman–Crippen LogP) is 4.04. The fourth-order valence-corrected chi connectivity index (χ4v) is 2.59. The van der Waals surface area contributed by atoms with E-state index < -0.39 is 29.3 Å². The molecule has 2 aromatic rings. The summed E-state index contributed by atoms with van der Waals surface area (Å²) in [6.45, 7) is 0. The summed E-state index contributed by atoms with van der Waals surface area (Å²) < 4.78 is 5.10. The smallest absolute Gasteiger partial charge is 0.348 e. The van der Waals surface area contributed by atoms with E-state index in [9.17, 15) is 14.7 Å². The highest BCUT2D eigenvalue weighted by Crippen LogP contribution is 2.34. The average Bonchev–Trinajstić information content (AvgIpc) is 2.86. The highest BCUT2D eigenvalue weighted by Gasteiger charge is 2.39. The molecule has 1 aliphatic heterocycles. The standard InChI is InChI=1S/C17H11Cl2NO4/c18-11-7-6-10(8-12(11)19)20-16(22)13-14(21)15(24-17(13)23)9-4-2-1-3-5-9/h1-8,15,21H,(H,20,22). The number of halogens is 2. The second-order valence-electron chi connectivity index (χ2n) is 5.04. The zero-order valence-electron chi connectivity index (χ0n) is 12.1. The van der Waals surface area contributed by atoms with Gasteiger partial charge in [-0.25, -0.2) is 4.79 Å². The minimum absolute atomic E-state index is 0.254. The lowest BCUT2D eigenvalue weighted by atomic mass is 10.1. The molecule has 0 bridgehead atoms. The first kappa shape index (κ1) is 16.4. The van der Waals surface area contributed by atoms with Gasteiger partial charge in [0.2, 0.25) is 0 Å². The SMILES string of the molecule is O=C(Nc1ccc(Cl)c(Cl)c1)C1=C(O)C(c2ccccc2)OC1=O. The number of carbonyl (C=O) groups is 2. The molecule has 0 saturated heterocycles. The normalized spacial score (nSPS) is 16.9. The van der Waals surface area contributed by atoms with Crippen molar-refractivity contribution in [1.29, 1.82) is 0 Å². The molecule has 2 aromatic carbocycles. The van der Waals surface area contributed by atoms with Crippen LogP contribution in [0.15, 0.2) is 59.9 Å². The van der Waals surface area contributed by atoms with Gasteiger partial charge >= 0.3 is 5.97 Å². The van der Waals surface area contributed by atoms with E-state index in [2.05, 4.69) is 5.32 Å². The number of hydrogen-bond acceptors (Lipinski definition) is 4. The minimum Gasteiger partial charge on any atom is -0.507 e. The Morgan fingerprint density at radius 1 is 1.08 bits per heavy atom. The average molecular weight is 364 g/mol. The van der Waals surface area contributed by atoms with Crippen LogP contribution in [-0.4, -0.2) is 17.0 Å². The Balaban J connectivity index is 1.86. The van der Waals surface area contributed by atoms with E-state index in [0.29, 0.717) is 16.3 Å². The van der Waals surface area contributed by atoms with Gasteiger partial charge in [0.1, 0.15) is 0 Å². The quantitative estimate of drug-likeness (QED) is 0.637. The Kier molecular flexibility index (Phi) is 4.46. The summed E-state index contributed by atoms with van der Waals surface area (Å²) in [5, 5.41) is 13.3. The van der Waals surface area contributed by atoms with Gasteiger partial charge < -0.3 is 15.2 Å². The van der Waals surface area contributed by atoms with E-state index in [1.807, 2.05) is 0 Å². The third-order valence-corrected chi connectivity index (χ3v) is 4.18. The molecule has 0 spiro atoms. The van der Waals surface area contributed by atoms with Crippen molar-refractivity contribution in [2.45, 2.75) is 6.10 Å². The summed E-state index contributed by atoms with van der Waals surface area (Å²) in [6, 6.07) is 13.1. The predicted molar refractivity (Wildman–Crippen MR) is 90.0 cm³/mol. The van der Waals surface area contributed by atoms with Gasteiger partial charge in [-0.1, -0.05) is 53.5 Å². The number of amides is 1. The van der Waals surface area contributed by atoms with Crippen LogP contribution in [0.1, 0.15) is 11.7 Å². The number of aliphatic hydroxyl groups excluding tert-OH is 1. The molecular weight excluding hydrogens is 353 g/mol. The van der Waals surface area contributed by atoms with Crippen LogP contribution in [0.5, 0.6) is 0 Å². The summed E-state index contributed by atoms with van der Waals surface area (Å²) >= 11 is 11.7. The zero-order valence-corrected chi connectivity index (χ0v) is 13.6. The highest BCUT2D eigenvalue weighted by molar-refractivity contribution is 6.42. The number of rotatable bonds is 3. The van der Waals surface area contributed by atoms with E-state index in [4.69, 9.17) is 27.9 Å². The molecule has 0 fully saturated rings. The zero-order chi connectivity index (χ0) is 17.3. The van der Waals surface area contributed by atoms with E-state index in [0.717, 1.165) is 0 Å². The van der Waals surface area contributed by atoms with E-state index >= 15 is 0 Å². The number of aliphatic hydroxyl groups is 1. The second kappa shape index (κ2) is 6.55. The van der Waals surface area contributed by atoms with Crippen LogP contribution < -0.4 is 5.32 Å². The molecule has 5 nitrogen and oxygen atoms in total. The highest BCUT2D eigenvalue weighted by atomic mass is 35.5. The lowest BCUT2D eigenvalue weighted by Crippen LogP contribution is -2.19. The van der Waals surface area contributed by atoms with Gasteiger partial charge in [-0.15, -0.1) is 0 Å². The van der Waals surface area contributed by atoms with Crippen LogP contribution >= 0.6 is 23.2 Å². The number of benzene rings is 2. The summed E-state index contributed by atoms with van der Waals surface area (Å²) in [5.74, 6) is -2.10. The molecule has 1 atom stereocenters. The van der Waals surface area contributed by atoms with Gasteiger partial charge in [-0.2, -0.15) is 0 Å². The third kappa shape index (κ3) is 3.09. The van der Waals surface area contributed by atoms with Crippen molar-refractivity contribution in [3.63, 3.8) is 0 Å². The van der Waals surface area contributed by atoms with Crippen molar-refractivity contribution in [3.8, 4) is 0 Å². The second-order valence-corrected chi connectivity index (χ2v) is 5.85. The maximum Gasteiger partial charge on any atom is 0.348 e. The molecule has 122 valence electrons. The Labute approximate surface area is 147 Å². The van der Waals surface area contributed by atoms with Crippen molar-refractivity contribution in [2.75, 3.05) is 5.32 Å². The first-order valence-electron chi connectivity index (χ1n) is 6.93. The Morgan fingerprint density at radius 2 is 1.79 bits per heavy atom. The van der Waals surface area contributed by atoms with Crippen LogP contribution in [0, 0.1) is 0 Å². The fourth-order valence-electron chi connectivity index (χ4n) is 2.29. The van der Waals surface area contributed by atoms with Crippen molar-refractivity contribution in [3.05, 3.63) is 75.5 Å². The van der Waals surface area contributed by atoms with Crippen LogP contribution in [0.4, 0.5) is 5.69 Å². The van der Waals surface area contributed by atoms with Gasteiger partial charge in [0.05, 0.1) is 10.0 Å². The Bertz CT molecular complexity index is 849. The maximum atomic E-state index is 12.3. The van der Waals surface area contributed by atoms with Crippen LogP contribution in [0.2, 0.25) is 10.0 Å². The molecular formula is C17H11Cl2NO4. The molecule has 1 amide bonds. The molecule has 24 heavy (non-hydrogen) atoms. The minimum atomic E-state index is -0.992. The maximum absolute atomic E-state index is 12.3. The number of hydrogen-bond donors (Lipinski definition) is 2. The summed E-state index contributed by atoms with van der Waals surface area (Å²) in [7, 11) is 0. The number of anilines is 1. The first-order valence-corrected chi connectivity index (χ1v) is 7.68. The van der Waals surface area contributed by atoms with Crippen LogP contribution in [-0.2, 0) is 14.3 Å².